The van der Waals surface area contributed by atoms with Crippen molar-refractivity contribution in [2.24, 2.45) is 0 Å². The number of rotatable bonds is 6. The number of nitrogens with zero attached hydrogens (tertiary/aromatic N) is 2. The van der Waals surface area contributed by atoms with Gasteiger partial charge in [0.05, 0.1) is 5.75 Å². The van der Waals surface area contributed by atoms with Crippen LogP contribution in [0.5, 0.6) is 0 Å². The third-order valence-electron chi connectivity index (χ3n) is 4.11. The summed E-state index contributed by atoms with van der Waals surface area (Å²) < 4.78 is 0.678. The molecule has 10 heteroatoms. The van der Waals surface area contributed by atoms with E-state index in [1.165, 1.54) is 23.1 Å². The second-order valence-electron chi connectivity index (χ2n) is 6.11. The lowest BCUT2D eigenvalue weighted by Gasteiger charge is -2.14. The molecule has 1 aromatic heterocycles. The Morgan fingerprint density at radius 3 is 3.11 bits per heavy atom. The molecular weight excluding hydrogens is 406 g/mol. The van der Waals surface area contributed by atoms with Crippen molar-refractivity contribution in [3.05, 3.63) is 28.8 Å². The van der Waals surface area contributed by atoms with E-state index in [9.17, 15) is 9.59 Å². The van der Waals surface area contributed by atoms with Gasteiger partial charge in [0.25, 0.3) is 0 Å². The van der Waals surface area contributed by atoms with Crippen LogP contribution in [0.25, 0.3) is 0 Å². The van der Waals surface area contributed by atoms with Gasteiger partial charge in [-0.25, -0.2) is 0 Å². The molecule has 1 aliphatic heterocycles. The smallest absolute Gasteiger partial charge is 0.242 e. The van der Waals surface area contributed by atoms with Gasteiger partial charge >= 0.3 is 0 Å². The van der Waals surface area contributed by atoms with Crippen molar-refractivity contribution in [3.8, 4) is 0 Å². The first kappa shape index (κ1) is 19.9. The first-order valence-corrected chi connectivity index (χ1v) is 10.8. The van der Waals surface area contributed by atoms with Crippen LogP contribution >= 0.6 is 34.7 Å². The molecule has 2 aromatic rings. The molecular formula is C17H20ClN5O2S2. The van der Waals surface area contributed by atoms with Gasteiger partial charge < -0.3 is 16.0 Å². The van der Waals surface area contributed by atoms with Crippen LogP contribution in [0.1, 0.15) is 24.8 Å². The highest BCUT2D eigenvalue weighted by atomic mass is 35.5. The number of hydrogen-bond donors (Lipinski definition) is 3. The van der Waals surface area contributed by atoms with Crippen LogP contribution in [0.2, 0.25) is 5.02 Å². The first-order chi connectivity index (χ1) is 13.0. The summed E-state index contributed by atoms with van der Waals surface area (Å²) in [5.74, 6) is -0.100. The first-order valence-electron chi connectivity index (χ1n) is 8.58. The second-order valence-corrected chi connectivity index (χ2v) is 8.71. The fraction of sp³-hybridized carbons (Fsp3) is 0.412. The lowest BCUT2D eigenvalue weighted by molar-refractivity contribution is -0.127. The van der Waals surface area contributed by atoms with Crippen LogP contribution in [0.15, 0.2) is 22.5 Å². The Morgan fingerprint density at radius 2 is 2.26 bits per heavy atom. The maximum Gasteiger partial charge on any atom is 0.242 e. The predicted octanol–water partition coefficient (Wildman–Crippen LogP) is 3.12. The van der Waals surface area contributed by atoms with Gasteiger partial charge in [0.15, 0.2) is 4.34 Å². The predicted molar refractivity (Wildman–Crippen MR) is 109 cm³/mol. The molecule has 0 spiro atoms. The molecule has 144 valence electrons. The van der Waals surface area contributed by atoms with Crippen molar-refractivity contribution in [1.29, 1.82) is 0 Å². The van der Waals surface area contributed by atoms with E-state index in [-0.39, 0.29) is 17.6 Å². The molecule has 2 heterocycles. The van der Waals surface area contributed by atoms with Crippen molar-refractivity contribution in [1.82, 2.24) is 20.8 Å². The minimum Gasteiger partial charge on any atom is -0.354 e. The summed E-state index contributed by atoms with van der Waals surface area (Å²) in [5.41, 5.74) is 1.80. The molecule has 1 aliphatic rings. The topological polar surface area (TPSA) is 96.0 Å². The zero-order valence-electron chi connectivity index (χ0n) is 14.8. The van der Waals surface area contributed by atoms with Crippen LogP contribution in [0.3, 0.4) is 0 Å². The van der Waals surface area contributed by atoms with Crippen LogP contribution in [0, 0.1) is 6.92 Å². The number of anilines is 2. The number of halogens is 1. The van der Waals surface area contributed by atoms with Crippen LogP contribution in [-0.2, 0) is 9.59 Å². The number of benzene rings is 1. The molecule has 0 aliphatic carbocycles. The normalized spacial score (nSPS) is 17.1. The Kier molecular flexibility index (Phi) is 6.92. The van der Waals surface area contributed by atoms with E-state index < -0.39 is 6.04 Å². The Labute approximate surface area is 170 Å². The largest absolute Gasteiger partial charge is 0.354 e. The highest BCUT2D eigenvalue weighted by Gasteiger charge is 2.22. The zero-order chi connectivity index (χ0) is 19.2. The Morgan fingerprint density at radius 1 is 1.41 bits per heavy atom. The summed E-state index contributed by atoms with van der Waals surface area (Å²) in [5, 5.41) is 18.3. The van der Waals surface area contributed by atoms with Gasteiger partial charge in [-0.15, -0.1) is 10.2 Å². The van der Waals surface area contributed by atoms with Crippen molar-refractivity contribution >= 4 is 57.3 Å². The number of amides is 2. The molecule has 0 bridgehead atoms. The van der Waals surface area contributed by atoms with Gasteiger partial charge in [0.2, 0.25) is 16.9 Å². The third kappa shape index (κ3) is 5.57. The minimum atomic E-state index is -0.446. The van der Waals surface area contributed by atoms with E-state index in [0.717, 1.165) is 24.1 Å². The van der Waals surface area contributed by atoms with Gasteiger partial charge in [-0.2, -0.15) is 0 Å². The number of carbonyl (C=O) groups excluding carboxylic acids is 2. The quantitative estimate of drug-likeness (QED) is 0.615. The molecule has 7 nitrogen and oxygen atoms in total. The van der Waals surface area contributed by atoms with Crippen molar-refractivity contribution in [3.63, 3.8) is 0 Å². The fourth-order valence-electron chi connectivity index (χ4n) is 2.62. The highest BCUT2D eigenvalue weighted by Crippen LogP contribution is 2.30. The maximum absolute atomic E-state index is 12.1. The van der Waals surface area contributed by atoms with Crippen molar-refractivity contribution in [2.45, 2.75) is 36.6 Å². The monoisotopic (exact) mass is 425 g/mol. The molecule has 0 unspecified atom stereocenters. The SMILES string of the molecule is Cc1c(Cl)cccc1Nc1nnc(SCC(=O)N[C@@H]2CCCCNC2=O)s1. The van der Waals surface area contributed by atoms with E-state index >= 15 is 0 Å². The summed E-state index contributed by atoms with van der Waals surface area (Å²) in [7, 11) is 0. The van der Waals surface area contributed by atoms with Crippen molar-refractivity contribution < 1.29 is 9.59 Å². The van der Waals surface area contributed by atoms with E-state index in [2.05, 4.69) is 26.1 Å². The van der Waals surface area contributed by atoms with E-state index in [0.29, 0.717) is 27.5 Å². The molecule has 1 saturated heterocycles. The maximum atomic E-state index is 12.1. The van der Waals surface area contributed by atoms with Crippen LogP contribution in [-0.4, -0.2) is 40.4 Å². The van der Waals surface area contributed by atoms with Gasteiger partial charge in [0, 0.05) is 17.3 Å². The summed E-state index contributed by atoms with van der Waals surface area (Å²) in [4.78, 5) is 24.0. The standard InChI is InChI=1S/C17H20ClN5O2S2/c1-10-11(18)5-4-7-12(10)21-16-22-23-17(27-16)26-9-14(24)20-13-6-2-3-8-19-15(13)25/h4-5,7,13H,2-3,6,8-9H2,1H3,(H,19,25)(H,20,24)(H,21,22)/t13-/m1/s1. The Hall–Kier alpha value is -1.84. The van der Waals surface area contributed by atoms with Gasteiger partial charge in [-0.1, -0.05) is 40.8 Å². The van der Waals surface area contributed by atoms with E-state index in [4.69, 9.17) is 11.6 Å². The summed E-state index contributed by atoms with van der Waals surface area (Å²) in [6, 6.07) is 5.16. The average molecular weight is 426 g/mol. The average Bonchev–Trinajstić information content (AvgIpc) is 3.00. The molecule has 1 atom stereocenters. The molecule has 3 rings (SSSR count). The van der Waals surface area contributed by atoms with Gasteiger partial charge in [-0.05, 0) is 43.9 Å². The van der Waals surface area contributed by atoms with E-state index in [1.54, 1.807) is 0 Å². The molecule has 1 aromatic carbocycles. The molecule has 0 radical (unpaired) electrons. The molecule has 1 fully saturated rings. The zero-order valence-corrected chi connectivity index (χ0v) is 17.1. The number of hydrogen-bond acceptors (Lipinski definition) is 7. The lowest BCUT2D eigenvalue weighted by Crippen LogP contribution is -2.46. The number of thioether (sulfide) groups is 1. The van der Waals surface area contributed by atoms with E-state index in [1.807, 2.05) is 25.1 Å². The minimum absolute atomic E-state index is 0.106. The number of carbonyl (C=O) groups is 2. The summed E-state index contributed by atoms with van der Waals surface area (Å²) in [6.45, 7) is 2.60. The second kappa shape index (κ2) is 9.38. The summed E-state index contributed by atoms with van der Waals surface area (Å²) in [6.07, 6.45) is 2.54. The Bertz CT molecular complexity index is 829. The summed E-state index contributed by atoms with van der Waals surface area (Å²) >= 11 is 8.78. The Balaban J connectivity index is 1.51. The molecule has 27 heavy (non-hydrogen) atoms. The molecule has 3 N–H and O–H groups in total. The number of aromatic nitrogens is 2. The highest BCUT2D eigenvalue weighted by molar-refractivity contribution is 8.01. The lowest BCUT2D eigenvalue weighted by atomic mass is 10.1. The molecule has 0 saturated carbocycles. The van der Waals surface area contributed by atoms with Crippen LogP contribution < -0.4 is 16.0 Å². The van der Waals surface area contributed by atoms with Gasteiger partial charge in [-0.3, -0.25) is 9.59 Å². The molecule has 2 amide bonds. The van der Waals surface area contributed by atoms with Crippen molar-refractivity contribution in [2.75, 3.05) is 17.6 Å². The number of nitrogens with one attached hydrogen (secondary N) is 3. The fourth-order valence-corrected chi connectivity index (χ4v) is 4.37. The van der Waals surface area contributed by atoms with Gasteiger partial charge in [0.1, 0.15) is 6.04 Å². The third-order valence-corrected chi connectivity index (χ3v) is 6.49. The van der Waals surface area contributed by atoms with Crippen LogP contribution in [0.4, 0.5) is 10.8 Å².